The molecule has 0 saturated heterocycles. The van der Waals surface area contributed by atoms with Gasteiger partial charge in [0.2, 0.25) is 0 Å². The van der Waals surface area contributed by atoms with Crippen LogP contribution in [0, 0.1) is 11.6 Å². The van der Waals surface area contributed by atoms with Gasteiger partial charge in [0.15, 0.2) is 0 Å². The summed E-state index contributed by atoms with van der Waals surface area (Å²) in [5, 5.41) is 3.35. The Bertz CT molecular complexity index is 1300. The van der Waals surface area contributed by atoms with Crippen LogP contribution in [0.25, 0.3) is 22.4 Å². The molecule has 1 heterocycles. The highest BCUT2D eigenvalue weighted by molar-refractivity contribution is 7.98. The molecule has 4 aromatic rings. The molecule has 0 atom stereocenters. The maximum Gasteiger partial charge on any atom is 0.256 e. The second-order valence-corrected chi connectivity index (χ2v) is 8.19. The molecule has 0 radical (unpaired) electrons. The first-order chi connectivity index (χ1) is 15.5. The van der Waals surface area contributed by atoms with Gasteiger partial charge in [-0.15, -0.1) is 11.8 Å². The van der Waals surface area contributed by atoms with Crippen molar-refractivity contribution in [3.8, 4) is 22.4 Å². The van der Waals surface area contributed by atoms with Gasteiger partial charge < -0.3 is 5.32 Å². The van der Waals surface area contributed by atoms with Gasteiger partial charge in [0.05, 0.1) is 10.7 Å². The minimum atomic E-state index is -0.735. The quantitative estimate of drug-likeness (QED) is 0.313. The van der Waals surface area contributed by atoms with Crippen molar-refractivity contribution in [2.24, 2.45) is 0 Å². The zero-order valence-corrected chi connectivity index (χ0v) is 18.5. The van der Waals surface area contributed by atoms with Crippen molar-refractivity contribution < 1.29 is 13.6 Å². The average molecular weight is 467 g/mol. The topological polar surface area (TPSA) is 42.0 Å². The molecule has 0 bridgehead atoms. The first kappa shape index (κ1) is 22.0. The molecular formula is C25H17ClF2N2OS. The summed E-state index contributed by atoms with van der Waals surface area (Å²) in [6, 6.07) is 19.0. The number of hydrogen-bond acceptors (Lipinski definition) is 3. The first-order valence-corrected chi connectivity index (χ1v) is 11.2. The Morgan fingerprint density at radius 3 is 2.50 bits per heavy atom. The van der Waals surface area contributed by atoms with E-state index in [2.05, 4.69) is 10.3 Å². The molecule has 0 unspecified atom stereocenters. The number of pyridine rings is 1. The van der Waals surface area contributed by atoms with Crippen LogP contribution in [0.2, 0.25) is 5.02 Å². The van der Waals surface area contributed by atoms with E-state index in [0.29, 0.717) is 27.5 Å². The molecule has 0 aliphatic carbocycles. The normalized spacial score (nSPS) is 10.8. The number of hydrogen-bond donors (Lipinski definition) is 1. The number of carbonyl (C=O) groups excluding carboxylic acids is 1. The van der Waals surface area contributed by atoms with Crippen LogP contribution in [0.1, 0.15) is 10.4 Å². The summed E-state index contributed by atoms with van der Waals surface area (Å²) in [4.78, 5) is 18.3. The molecule has 3 aromatic carbocycles. The van der Waals surface area contributed by atoms with Gasteiger partial charge in [0, 0.05) is 39.5 Å². The fraction of sp³-hybridized carbons (Fsp3) is 0.0400. The largest absolute Gasteiger partial charge is 0.322 e. The molecule has 1 N–H and O–H groups in total. The molecule has 0 saturated carbocycles. The van der Waals surface area contributed by atoms with E-state index in [1.807, 2.05) is 18.4 Å². The van der Waals surface area contributed by atoms with E-state index < -0.39 is 17.5 Å². The van der Waals surface area contributed by atoms with Crippen molar-refractivity contribution in [3.05, 3.63) is 101 Å². The minimum Gasteiger partial charge on any atom is -0.322 e. The lowest BCUT2D eigenvalue weighted by molar-refractivity contribution is 0.102. The molecule has 3 nitrogen and oxygen atoms in total. The molecule has 7 heteroatoms. The van der Waals surface area contributed by atoms with Gasteiger partial charge in [-0.3, -0.25) is 9.78 Å². The second-order valence-electron chi connectivity index (χ2n) is 6.90. The number of amides is 1. The molecule has 32 heavy (non-hydrogen) atoms. The Hall–Kier alpha value is -3.22. The van der Waals surface area contributed by atoms with Gasteiger partial charge >= 0.3 is 0 Å². The number of nitrogens with one attached hydrogen (secondary N) is 1. The lowest BCUT2D eigenvalue weighted by atomic mass is 9.98. The highest BCUT2D eigenvalue weighted by atomic mass is 35.5. The molecule has 160 valence electrons. The highest BCUT2D eigenvalue weighted by Crippen LogP contribution is 2.33. The molecule has 0 fully saturated rings. The third kappa shape index (κ3) is 4.66. The van der Waals surface area contributed by atoms with E-state index in [4.69, 9.17) is 11.6 Å². The maximum absolute atomic E-state index is 14.5. The number of rotatable bonds is 5. The highest BCUT2D eigenvalue weighted by Gasteiger charge is 2.18. The summed E-state index contributed by atoms with van der Waals surface area (Å²) in [6.07, 6.45) is 3.54. The van der Waals surface area contributed by atoms with Crippen molar-refractivity contribution in [1.29, 1.82) is 0 Å². The summed E-state index contributed by atoms with van der Waals surface area (Å²) in [6.45, 7) is 0. The van der Waals surface area contributed by atoms with Crippen LogP contribution in [0.3, 0.4) is 0 Å². The SMILES string of the molecule is CSc1ccc(C(=O)Nc2ccc(Cl)c(-c3ccccn3)c2)c(-c2ccc(F)cc2F)c1. The number of aromatic nitrogens is 1. The zero-order valence-electron chi connectivity index (χ0n) is 16.9. The van der Waals surface area contributed by atoms with E-state index in [1.54, 1.807) is 48.7 Å². The van der Waals surface area contributed by atoms with Crippen molar-refractivity contribution in [1.82, 2.24) is 4.98 Å². The average Bonchev–Trinajstić information content (AvgIpc) is 2.80. The predicted molar refractivity (Wildman–Crippen MR) is 126 cm³/mol. The lowest BCUT2D eigenvalue weighted by Gasteiger charge is -2.14. The van der Waals surface area contributed by atoms with Gasteiger partial charge in [0.25, 0.3) is 5.91 Å². The Labute approximate surface area is 193 Å². The maximum atomic E-state index is 14.5. The minimum absolute atomic E-state index is 0.151. The van der Waals surface area contributed by atoms with Gasteiger partial charge in [0.1, 0.15) is 11.6 Å². The van der Waals surface area contributed by atoms with Crippen LogP contribution >= 0.6 is 23.4 Å². The predicted octanol–water partition coefficient (Wildman–Crippen LogP) is 7.32. The Morgan fingerprint density at radius 2 is 1.78 bits per heavy atom. The van der Waals surface area contributed by atoms with Crippen LogP contribution in [-0.2, 0) is 0 Å². The van der Waals surface area contributed by atoms with Crippen molar-refractivity contribution in [3.63, 3.8) is 0 Å². The third-order valence-electron chi connectivity index (χ3n) is 4.86. The van der Waals surface area contributed by atoms with E-state index in [-0.39, 0.29) is 11.1 Å². The molecule has 0 aliphatic rings. The number of nitrogens with zero attached hydrogens (tertiary/aromatic N) is 1. The van der Waals surface area contributed by atoms with Crippen LogP contribution in [0.5, 0.6) is 0 Å². The lowest BCUT2D eigenvalue weighted by Crippen LogP contribution is -2.13. The van der Waals surface area contributed by atoms with E-state index >= 15 is 0 Å². The van der Waals surface area contributed by atoms with Crippen LogP contribution in [-0.4, -0.2) is 17.1 Å². The van der Waals surface area contributed by atoms with E-state index in [9.17, 15) is 13.6 Å². The molecule has 0 aliphatic heterocycles. The van der Waals surface area contributed by atoms with Gasteiger partial charge in [-0.05, 0) is 72.5 Å². The monoisotopic (exact) mass is 466 g/mol. The third-order valence-corrected chi connectivity index (χ3v) is 5.91. The fourth-order valence-electron chi connectivity index (χ4n) is 3.30. The Balaban J connectivity index is 1.72. The van der Waals surface area contributed by atoms with Crippen molar-refractivity contribution >= 4 is 35.0 Å². The summed E-state index contributed by atoms with van der Waals surface area (Å²) in [7, 11) is 0. The number of anilines is 1. The van der Waals surface area contributed by atoms with Crippen LogP contribution < -0.4 is 5.32 Å². The van der Waals surface area contributed by atoms with Crippen LogP contribution in [0.15, 0.2) is 83.9 Å². The summed E-state index contributed by atoms with van der Waals surface area (Å²) in [5.74, 6) is -1.84. The van der Waals surface area contributed by atoms with Crippen molar-refractivity contribution in [2.75, 3.05) is 11.6 Å². The molecular weight excluding hydrogens is 450 g/mol. The Morgan fingerprint density at radius 1 is 0.938 bits per heavy atom. The Kier molecular flexibility index (Phi) is 6.53. The van der Waals surface area contributed by atoms with Gasteiger partial charge in [-0.2, -0.15) is 0 Å². The standard InChI is InChI=1S/C25H17ClF2N2OS/c1-32-17-7-9-19(20(14-17)18-8-5-15(27)12-23(18)28)25(31)30-16-6-10-22(26)21(13-16)24-4-2-3-11-29-24/h2-14H,1H3,(H,30,31). The van der Waals surface area contributed by atoms with E-state index in [0.717, 1.165) is 11.0 Å². The number of carbonyl (C=O) groups is 1. The first-order valence-electron chi connectivity index (χ1n) is 9.62. The van der Waals surface area contributed by atoms with Crippen molar-refractivity contribution in [2.45, 2.75) is 4.90 Å². The molecule has 1 aromatic heterocycles. The fourth-order valence-corrected chi connectivity index (χ4v) is 3.95. The summed E-state index contributed by atoms with van der Waals surface area (Å²) in [5.41, 5.74) is 2.66. The second kappa shape index (κ2) is 9.51. The summed E-state index contributed by atoms with van der Waals surface area (Å²) >= 11 is 7.79. The zero-order chi connectivity index (χ0) is 22.7. The van der Waals surface area contributed by atoms with E-state index in [1.165, 1.54) is 23.9 Å². The van der Waals surface area contributed by atoms with Gasteiger partial charge in [-0.1, -0.05) is 17.7 Å². The smallest absolute Gasteiger partial charge is 0.256 e. The molecule has 4 rings (SSSR count). The number of thioether (sulfide) groups is 1. The number of halogens is 3. The summed E-state index contributed by atoms with van der Waals surface area (Å²) < 4.78 is 28.0. The number of benzene rings is 3. The molecule has 1 amide bonds. The molecule has 0 spiro atoms. The van der Waals surface area contributed by atoms with Gasteiger partial charge in [-0.25, -0.2) is 8.78 Å². The van der Waals surface area contributed by atoms with Crippen LogP contribution in [0.4, 0.5) is 14.5 Å².